The maximum Gasteiger partial charge on any atom is 0.343 e. The molecular weight excluding hydrogens is 288 g/mol. The van der Waals surface area contributed by atoms with Crippen molar-refractivity contribution in [3.63, 3.8) is 0 Å². The number of hydrogen-bond acceptors (Lipinski definition) is 6. The molecule has 0 heterocycles. The van der Waals surface area contributed by atoms with E-state index in [-0.39, 0.29) is 11.4 Å². The number of nitro benzene ring substituents is 1. The van der Waals surface area contributed by atoms with Gasteiger partial charge in [0.05, 0.1) is 16.2 Å². The molecule has 2 aromatic rings. The molecule has 0 saturated heterocycles. The Morgan fingerprint density at radius 3 is 2.36 bits per heavy atom. The summed E-state index contributed by atoms with van der Waals surface area (Å²) in [7, 11) is 0. The van der Waals surface area contributed by atoms with E-state index in [1.807, 2.05) is 0 Å². The van der Waals surface area contributed by atoms with Gasteiger partial charge in [-0.2, -0.15) is 0 Å². The summed E-state index contributed by atoms with van der Waals surface area (Å²) < 4.78 is 5.12. The normalized spacial score (nSPS) is 10.4. The van der Waals surface area contributed by atoms with Crippen LogP contribution in [0.25, 0.3) is 0 Å². The Hall–Kier alpha value is -3.26. The number of carbonyl (C=O) groups excluding carboxylic acids is 1. The molecule has 0 bridgehead atoms. The Bertz CT molecular complexity index is 696. The van der Waals surface area contributed by atoms with Crippen molar-refractivity contribution in [3.8, 4) is 5.75 Å². The Kier molecular flexibility index (Phi) is 4.78. The van der Waals surface area contributed by atoms with Gasteiger partial charge in [-0.15, -0.1) is 0 Å². The van der Waals surface area contributed by atoms with Gasteiger partial charge in [0.1, 0.15) is 12.1 Å². The summed E-state index contributed by atoms with van der Waals surface area (Å²) in [6.07, 6.45) is 1.31. The number of carbonyl (C=O) groups is 1. The van der Waals surface area contributed by atoms with Crippen LogP contribution in [0.5, 0.6) is 5.75 Å². The number of hydrogen-bond donors (Lipinski definition) is 2. The Morgan fingerprint density at radius 1 is 1.18 bits per heavy atom. The van der Waals surface area contributed by atoms with E-state index >= 15 is 0 Å². The third-order valence-corrected chi connectivity index (χ3v) is 2.65. The molecule has 0 atom stereocenters. The average Bonchev–Trinajstić information content (AvgIpc) is 2.54. The molecule has 8 heteroatoms. The van der Waals surface area contributed by atoms with Gasteiger partial charge in [-0.25, -0.2) is 15.6 Å². The minimum Gasteiger partial charge on any atom is -0.423 e. The van der Waals surface area contributed by atoms with Crippen molar-refractivity contribution in [1.82, 2.24) is 5.43 Å². The van der Waals surface area contributed by atoms with E-state index in [0.717, 1.165) is 0 Å². The second kappa shape index (κ2) is 6.95. The summed E-state index contributed by atoms with van der Waals surface area (Å²) in [5.74, 6) is 4.71. The standard InChI is InChI=1S/C14H12N4O4/c15-17-9-16-11-3-1-10(2-4-11)14(19)22-13-7-5-12(6-8-13)18(20)21/h1-9H,15H2,(H,16,17). The highest BCUT2D eigenvalue weighted by molar-refractivity contribution is 5.91. The zero-order valence-corrected chi connectivity index (χ0v) is 11.3. The summed E-state index contributed by atoms with van der Waals surface area (Å²) in [5.41, 5.74) is 3.14. The van der Waals surface area contributed by atoms with E-state index in [2.05, 4.69) is 10.4 Å². The second-order valence-corrected chi connectivity index (χ2v) is 4.11. The first kappa shape index (κ1) is 15.1. The van der Waals surface area contributed by atoms with Gasteiger partial charge in [-0.05, 0) is 36.4 Å². The number of nitrogens with two attached hydrogens (primary N) is 1. The summed E-state index contributed by atoms with van der Waals surface area (Å²) >= 11 is 0. The van der Waals surface area contributed by atoms with Crippen molar-refractivity contribution in [1.29, 1.82) is 0 Å². The molecule has 0 radical (unpaired) electrons. The average molecular weight is 300 g/mol. The summed E-state index contributed by atoms with van der Waals surface area (Å²) in [5, 5.41) is 10.5. The Morgan fingerprint density at radius 2 is 1.82 bits per heavy atom. The molecular formula is C14H12N4O4. The van der Waals surface area contributed by atoms with E-state index in [1.165, 1.54) is 30.6 Å². The van der Waals surface area contributed by atoms with Gasteiger partial charge < -0.3 is 10.2 Å². The number of benzene rings is 2. The van der Waals surface area contributed by atoms with Crippen LogP contribution in [0.1, 0.15) is 10.4 Å². The number of rotatable bonds is 5. The molecule has 0 aliphatic rings. The largest absolute Gasteiger partial charge is 0.423 e. The minimum absolute atomic E-state index is 0.0736. The van der Waals surface area contributed by atoms with Gasteiger partial charge in [0, 0.05) is 12.1 Å². The van der Waals surface area contributed by atoms with Crippen LogP contribution in [0.4, 0.5) is 11.4 Å². The van der Waals surface area contributed by atoms with Crippen LogP contribution >= 0.6 is 0 Å². The van der Waals surface area contributed by atoms with Crippen LogP contribution < -0.4 is 16.0 Å². The predicted molar refractivity (Wildman–Crippen MR) is 80.0 cm³/mol. The molecule has 22 heavy (non-hydrogen) atoms. The second-order valence-electron chi connectivity index (χ2n) is 4.11. The lowest BCUT2D eigenvalue weighted by Crippen LogP contribution is -2.18. The number of non-ortho nitro benzene ring substituents is 1. The van der Waals surface area contributed by atoms with Crippen LogP contribution in [-0.2, 0) is 0 Å². The fraction of sp³-hybridized carbons (Fsp3) is 0. The SMILES string of the molecule is NNC=Nc1ccc(C(=O)Oc2ccc([N+](=O)[O-])cc2)cc1. The lowest BCUT2D eigenvalue weighted by atomic mass is 10.2. The van der Waals surface area contributed by atoms with E-state index in [9.17, 15) is 14.9 Å². The van der Waals surface area contributed by atoms with Crippen LogP contribution in [0.15, 0.2) is 53.5 Å². The molecule has 2 aromatic carbocycles. The van der Waals surface area contributed by atoms with Crippen molar-refractivity contribution in [2.24, 2.45) is 10.8 Å². The van der Waals surface area contributed by atoms with Gasteiger partial charge in [0.2, 0.25) is 0 Å². The monoisotopic (exact) mass is 300 g/mol. The van der Waals surface area contributed by atoms with E-state index < -0.39 is 10.9 Å². The summed E-state index contributed by atoms with van der Waals surface area (Å²) in [6, 6.07) is 11.6. The van der Waals surface area contributed by atoms with Crippen molar-refractivity contribution in [2.45, 2.75) is 0 Å². The molecule has 2 rings (SSSR count). The maximum absolute atomic E-state index is 11.9. The number of esters is 1. The fourth-order valence-electron chi connectivity index (χ4n) is 1.60. The maximum atomic E-state index is 11.9. The summed E-state index contributed by atoms with van der Waals surface area (Å²) in [6.45, 7) is 0. The first-order chi connectivity index (χ1) is 10.6. The number of nitro groups is 1. The smallest absolute Gasteiger partial charge is 0.343 e. The van der Waals surface area contributed by atoms with E-state index in [4.69, 9.17) is 10.6 Å². The molecule has 0 saturated carbocycles. The van der Waals surface area contributed by atoms with Gasteiger partial charge >= 0.3 is 5.97 Å². The van der Waals surface area contributed by atoms with Gasteiger partial charge in [-0.1, -0.05) is 0 Å². The predicted octanol–water partition coefficient (Wildman–Crippen LogP) is 1.94. The minimum atomic E-state index is -0.568. The van der Waals surface area contributed by atoms with Crippen LogP contribution in [-0.4, -0.2) is 17.2 Å². The van der Waals surface area contributed by atoms with Gasteiger partial charge in [0.25, 0.3) is 5.69 Å². The van der Waals surface area contributed by atoms with Crippen LogP contribution in [0, 0.1) is 10.1 Å². The zero-order valence-electron chi connectivity index (χ0n) is 11.3. The zero-order chi connectivity index (χ0) is 15.9. The fourth-order valence-corrected chi connectivity index (χ4v) is 1.60. The number of ether oxygens (including phenoxy) is 1. The molecule has 0 fully saturated rings. The Labute approximate surface area is 125 Å². The topological polar surface area (TPSA) is 120 Å². The number of hydrazine groups is 1. The lowest BCUT2D eigenvalue weighted by Gasteiger charge is -2.04. The molecule has 3 N–H and O–H groups in total. The van der Waals surface area contributed by atoms with Crippen molar-refractivity contribution in [2.75, 3.05) is 0 Å². The molecule has 0 amide bonds. The first-order valence-corrected chi connectivity index (χ1v) is 6.15. The molecule has 112 valence electrons. The highest BCUT2D eigenvalue weighted by Gasteiger charge is 2.10. The molecule has 8 nitrogen and oxygen atoms in total. The number of aliphatic imine (C=N–C) groups is 1. The van der Waals surface area contributed by atoms with E-state index in [1.54, 1.807) is 24.3 Å². The van der Waals surface area contributed by atoms with Crippen LogP contribution in [0.2, 0.25) is 0 Å². The molecule has 0 aromatic heterocycles. The third kappa shape index (κ3) is 3.87. The third-order valence-electron chi connectivity index (χ3n) is 2.65. The lowest BCUT2D eigenvalue weighted by molar-refractivity contribution is -0.384. The first-order valence-electron chi connectivity index (χ1n) is 6.15. The molecule has 0 spiro atoms. The van der Waals surface area contributed by atoms with Gasteiger partial charge in [0.15, 0.2) is 0 Å². The molecule has 0 aliphatic heterocycles. The Balaban J connectivity index is 2.05. The number of nitrogens with one attached hydrogen (secondary N) is 1. The van der Waals surface area contributed by atoms with Crippen molar-refractivity contribution < 1.29 is 14.5 Å². The van der Waals surface area contributed by atoms with Gasteiger partial charge in [-0.3, -0.25) is 10.1 Å². The van der Waals surface area contributed by atoms with E-state index in [0.29, 0.717) is 11.3 Å². The highest BCUT2D eigenvalue weighted by Crippen LogP contribution is 2.19. The summed E-state index contributed by atoms with van der Waals surface area (Å²) in [4.78, 5) is 25.9. The van der Waals surface area contributed by atoms with Crippen molar-refractivity contribution >= 4 is 23.7 Å². The van der Waals surface area contributed by atoms with Crippen molar-refractivity contribution in [3.05, 3.63) is 64.2 Å². The quantitative estimate of drug-likeness (QED) is 0.166. The number of nitrogens with zero attached hydrogens (tertiary/aromatic N) is 2. The molecule has 0 aliphatic carbocycles. The highest BCUT2D eigenvalue weighted by atomic mass is 16.6. The molecule has 0 unspecified atom stereocenters. The van der Waals surface area contributed by atoms with Crippen LogP contribution in [0.3, 0.4) is 0 Å².